The smallest absolute Gasteiger partial charge is 0.178 e. The molecule has 0 N–H and O–H groups in total. The van der Waals surface area contributed by atoms with Gasteiger partial charge in [0.1, 0.15) is 5.78 Å². The Morgan fingerprint density at radius 2 is 1.96 bits per heavy atom. The number of rotatable bonds is 1. The van der Waals surface area contributed by atoms with Gasteiger partial charge in [0.2, 0.25) is 0 Å². The molecule has 0 aromatic rings. The first-order valence-electron chi connectivity index (χ1n) is 9.01. The molecule has 0 heterocycles. The minimum atomic E-state index is -0.0630. The van der Waals surface area contributed by atoms with Gasteiger partial charge in [0, 0.05) is 11.3 Å². The molecule has 4 aliphatic rings. The Kier molecular flexibility index (Phi) is 4.19. The fourth-order valence-electron chi connectivity index (χ4n) is 6.19. The number of fused-ring (bicyclic) bond motifs is 5. The largest absolute Gasteiger partial charge is 0.300 e. The van der Waals surface area contributed by atoms with Crippen LogP contribution in [-0.2, 0) is 9.59 Å². The molecule has 0 aromatic heterocycles. The molecule has 0 bridgehead atoms. The summed E-state index contributed by atoms with van der Waals surface area (Å²) in [7, 11) is 0. The average Bonchev–Trinajstić information content (AvgIpc) is 2.85. The van der Waals surface area contributed by atoms with Gasteiger partial charge in [-0.3, -0.25) is 9.59 Å². The summed E-state index contributed by atoms with van der Waals surface area (Å²) in [6.07, 6.45) is 13.6. The van der Waals surface area contributed by atoms with Crippen LogP contribution in [-0.4, -0.2) is 11.6 Å². The number of Topliss-reactive ketones (excluding diaryl/α,β-unsaturated/α-hetero) is 1. The average molecular weight is 347 g/mol. The van der Waals surface area contributed by atoms with Crippen LogP contribution in [0.15, 0.2) is 35.5 Å². The van der Waals surface area contributed by atoms with Gasteiger partial charge in [-0.25, -0.2) is 0 Å². The van der Waals surface area contributed by atoms with E-state index in [4.69, 9.17) is 0 Å². The zero-order chi connectivity index (χ0) is 16.4. The number of hydrogen-bond acceptors (Lipinski definition) is 2. The Bertz CT molecular complexity index is 686. The summed E-state index contributed by atoms with van der Waals surface area (Å²) >= 11 is 0. The molecular formula is C21H27ClO2. The van der Waals surface area contributed by atoms with E-state index in [1.165, 1.54) is 17.6 Å². The highest BCUT2D eigenvalue weighted by molar-refractivity contribution is 6.01. The van der Waals surface area contributed by atoms with Crippen molar-refractivity contribution in [2.24, 2.45) is 28.6 Å². The number of carbonyl (C=O) groups excluding carboxylic acids is 2. The van der Waals surface area contributed by atoms with Crippen LogP contribution in [0.25, 0.3) is 0 Å². The van der Waals surface area contributed by atoms with Gasteiger partial charge in [-0.2, -0.15) is 0 Å². The Morgan fingerprint density at radius 3 is 2.67 bits per heavy atom. The molecule has 24 heavy (non-hydrogen) atoms. The lowest BCUT2D eigenvalue weighted by molar-refractivity contribution is -0.124. The van der Waals surface area contributed by atoms with Crippen molar-refractivity contribution in [2.75, 3.05) is 0 Å². The molecule has 130 valence electrons. The molecule has 4 rings (SSSR count). The fourth-order valence-corrected chi connectivity index (χ4v) is 6.19. The van der Waals surface area contributed by atoms with Gasteiger partial charge >= 0.3 is 0 Å². The maximum atomic E-state index is 12.1. The highest BCUT2D eigenvalue weighted by atomic mass is 35.5. The maximum Gasteiger partial charge on any atom is 0.178 e. The molecule has 0 amide bonds. The molecule has 5 atom stereocenters. The standard InChI is InChI=1S/C21H26O2.ClH/c1-13(22)17-6-7-18-16-5-4-14-12-15(23)8-10-20(14,2)19(16)9-11-21(17,18)3;/h8-10,12,16-18H,4-7,11H2,1-3H3;1H/t16-,17+,18-,20-,21+;/m0./s1. The lowest BCUT2D eigenvalue weighted by Gasteiger charge is -2.52. The highest BCUT2D eigenvalue weighted by Crippen LogP contribution is 2.63. The molecule has 0 aliphatic heterocycles. The fraction of sp³-hybridized carbons (Fsp3) is 0.619. The van der Waals surface area contributed by atoms with Gasteiger partial charge in [-0.05, 0) is 75.4 Å². The molecule has 0 unspecified atom stereocenters. The Balaban J connectivity index is 0.00000169. The molecule has 4 aliphatic carbocycles. The number of ketones is 2. The van der Waals surface area contributed by atoms with Gasteiger partial charge in [0.15, 0.2) is 5.78 Å². The van der Waals surface area contributed by atoms with E-state index in [2.05, 4.69) is 26.0 Å². The molecule has 0 aromatic carbocycles. The van der Waals surface area contributed by atoms with E-state index < -0.39 is 0 Å². The quantitative estimate of drug-likeness (QED) is 0.636. The van der Waals surface area contributed by atoms with E-state index in [9.17, 15) is 9.59 Å². The second-order valence-electron chi connectivity index (χ2n) is 8.47. The van der Waals surface area contributed by atoms with Crippen LogP contribution in [0, 0.1) is 28.6 Å². The molecule has 0 radical (unpaired) electrons. The van der Waals surface area contributed by atoms with Crippen LogP contribution in [0.3, 0.4) is 0 Å². The molecular weight excluding hydrogens is 320 g/mol. The van der Waals surface area contributed by atoms with Crippen molar-refractivity contribution in [2.45, 2.75) is 52.9 Å². The van der Waals surface area contributed by atoms with E-state index in [1.54, 1.807) is 13.0 Å². The minimum absolute atomic E-state index is 0. The highest BCUT2D eigenvalue weighted by Gasteiger charge is 2.56. The second-order valence-corrected chi connectivity index (χ2v) is 8.47. The van der Waals surface area contributed by atoms with E-state index in [0.29, 0.717) is 17.6 Å². The van der Waals surface area contributed by atoms with Gasteiger partial charge in [-0.1, -0.05) is 30.2 Å². The third-order valence-electron chi connectivity index (χ3n) is 7.44. The van der Waals surface area contributed by atoms with Crippen molar-refractivity contribution in [3.63, 3.8) is 0 Å². The molecule has 0 spiro atoms. The lowest BCUT2D eigenvalue weighted by Crippen LogP contribution is -2.44. The zero-order valence-corrected chi connectivity index (χ0v) is 15.6. The number of allylic oxidation sites excluding steroid dienone is 6. The first-order valence-corrected chi connectivity index (χ1v) is 9.01. The third kappa shape index (κ3) is 2.22. The molecule has 2 fully saturated rings. The molecule has 0 saturated heterocycles. The first kappa shape index (κ1) is 17.7. The SMILES string of the molecule is CC(=O)[C@H]1CC[C@H]2[C@@H]3CCC4=CC(=O)C=C[C@]4(C)C3=CC[C@]12C.Cl. The summed E-state index contributed by atoms with van der Waals surface area (Å²) in [5.74, 6) is 1.95. The van der Waals surface area contributed by atoms with Crippen LogP contribution in [0.1, 0.15) is 52.9 Å². The Morgan fingerprint density at radius 1 is 1.21 bits per heavy atom. The third-order valence-corrected chi connectivity index (χ3v) is 7.44. The summed E-state index contributed by atoms with van der Waals surface area (Å²) < 4.78 is 0. The van der Waals surface area contributed by atoms with E-state index >= 15 is 0 Å². The lowest BCUT2D eigenvalue weighted by atomic mass is 9.52. The van der Waals surface area contributed by atoms with Crippen LogP contribution in [0.4, 0.5) is 0 Å². The first-order chi connectivity index (χ1) is 10.9. The summed E-state index contributed by atoms with van der Waals surface area (Å²) in [4.78, 5) is 23.9. The van der Waals surface area contributed by atoms with Crippen LogP contribution >= 0.6 is 12.4 Å². The van der Waals surface area contributed by atoms with Crippen LogP contribution in [0.5, 0.6) is 0 Å². The summed E-state index contributed by atoms with van der Waals surface area (Å²) in [5, 5.41) is 0. The molecule has 2 nitrogen and oxygen atoms in total. The van der Waals surface area contributed by atoms with Crippen LogP contribution in [0.2, 0.25) is 0 Å². The van der Waals surface area contributed by atoms with Crippen molar-refractivity contribution < 1.29 is 9.59 Å². The summed E-state index contributed by atoms with van der Waals surface area (Å²) in [6.45, 7) is 6.40. The summed E-state index contributed by atoms with van der Waals surface area (Å²) in [5.41, 5.74) is 2.89. The predicted molar refractivity (Wildman–Crippen MR) is 98.0 cm³/mol. The Labute approximate surface area is 150 Å². The summed E-state index contributed by atoms with van der Waals surface area (Å²) in [6, 6.07) is 0. The van der Waals surface area contributed by atoms with E-state index in [-0.39, 0.29) is 34.9 Å². The number of halogens is 1. The van der Waals surface area contributed by atoms with E-state index in [1.807, 2.05) is 6.08 Å². The van der Waals surface area contributed by atoms with Crippen molar-refractivity contribution in [3.8, 4) is 0 Å². The van der Waals surface area contributed by atoms with Crippen molar-refractivity contribution in [3.05, 3.63) is 35.5 Å². The van der Waals surface area contributed by atoms with Crippen molar-refractivity contribution in [1.82, 2.24) is 0 Å². The van der Waals surface area contributed by atoms with Gasteiger partial charge < -0.3 is 0 Å². The number of carbonyl (C=O) groups is 2. The molecule has 2 saturated carbocycles. The normalized spacial score (nSPS) is 43.0. The number of hydrogen-bond donors (Lipinski definition) is 0. The van der Waals surface area contributed by atoms with Gasteiger partial charge in [-0.15, -0.1) is 12.4 Å². The van der Waals surface area contributed by atoms with Gasteiger partial charge in [0.25, 0.3) is 0 Å². The van der Waals surface area contributed by atoms with Crippen LogP contribution < -0.4 is 0 Å². The van der Waals surface area contributed by atoms with E-state index in [0.717, 1.165) is 25.7 Å². The second kappa shape index (κ2) is 5.69. The van der Waals surface area contributed by atoms with Crippen molar-refractivity contribution in [1.29, 1.82) is 0 Å². The topological polar surface area (TPSA) is 34.1 Å². The maximum absolute atomic E-state index is 12.1. The zero-order valence-electron chi connectivity index (χ0n) is 14.8. The van der Waals surface area contributed by atoms with Gasteiger partial charge in [0.05, 0.1) is 0 Å². The minimum Gasteiger partial charge on any atom is -0.300 e. The predicted octanol–water partition coefficient (Wildman–Crippen LogP) is 4.84. The molecule has 3 heteroatoms. The Hall–Kier alpha value is -1.15. The monoisotopic (exact) mass is 346 g/mol. The van der Waals surface area contributed by atoms with Crippen molar-refractivity contribution >= 4 is 24.0 Å².